The summed E-state index contributed by atoms with van der Waals surface area (Å²) in [6.45, 7) is 1.01. The van der Waals surface area contributed by atoms with Crippen LogP contribution in [0.1, 0.15) is 12.5 Å². The average Bonchev–Trinajstić information content (AvgIpc) is 2.46. The number of carbonyl (C=O) groups excluding carboxylic acids is 2. The summed E-state index contributed by atoms with van der Waals surface area (Å²) < 4.78 is 43.6. The summed E-state index contributed by atoms with van der Waals surface area (Å²) >= 11 is 0. The van der Waals surface area contributed by atoms with Gasteiger partial charge in [-0.25, -0.2) is 9.59 Å². The maximum Gasteiger partial charge on any atom is 0.432 e. The molecule has 0 aliphatic carbocycles. The lowest BCUT2D eigenvalue weighted by Crippen LogP contribution is -2.50. The van der Waals surface area contributed by atoms with E-state index in [2.05, 4.69) is 15.4 Å². The third kappa shape index (κ3) is 3.48. The van der Waals surface area contributed by atoms with Gasteiger partial charge in [0, 0.05) is 18.3 Å². The Balaban J connectivity index is 3.17. The molecule has 1 aromatic rings. The molecule has 6 nitrogen and oxygen atoms in total. The van der Waals surface area contributed by atoms with Gasteiger partial charge in [-0.1, -0.05) is 12.1 Å². The van der Waals surface area contributed by atoms with E-state index in [1.807, 2.05) is 0 Å². The molecule has 0 spiro atoms. The lowest BCUT2D eigenvalue weighted by Gasteiger charge is -2.28. The van der Waals surface area contributed by atoms with Crippen LogP contribution >= 0.6 is 0 Å². The monoisotopic (exact) mass is 320 g/mol. The fraction of sp³-hybridized carbons (Fsp3) is 0.385. The van der Waals surface area contributed by atoms with Crippen molar-refractivity contribution in [3.63, 3.8) is 0 Å². The molecule has 0 aromatic heterocycles. The fourth-order valence-electron chi connectivity index (χ4n) is 1.62. The summed E-state index contributed by atoms with van der Waals surface area (Å²) in [7, 11) is 1.37. The van der Waals surface area contributed by atoms with Gasteiger partial charge in [0.15, 0.2) is 0 Å². The van der Waals surface area contributed by atoms with Gasteiger partial charge in [0.2, 0.25) is 0 Å². The normalized spacial score (nSPS) is 13.9. The van der Waals surface area contributed by atoms with Crippen molar-refractivity contribution in [3.8, 4) is 0 Å². The molecule has 2 amide bonds. The number of hydrogen-bond donors (Lipinski definition) is 3. The zero-order valence-corrected chi connectivity index (χ0v) is 11.8. The molecule has 22 heavy (non-hydrogen) atoms. The minimum absolute atomic E-state index is 0.191. The summed E-state index contributed by atoms with van der Waals surface area (Å²) in [6.07, 6.45) is -5.25. The second kappa shape index (κ2) is 6.65. The number of aliphatic hydroxyl groups is 1. The van der Waals surface area contributed by atoms with Crippen molar-refractivity contribution in [1.29, 1.82) is 0 Å². The van der Waals surface area contributed by atoms with Crippen molar-refractivity contribution in [2.24, 2.45) is 0 Å². The summed E-state index contributed by atoms with van der Waals surface area (Å²) in [4.78, 5) is 22.6. The first-order valence-corrected chi connectivity index (χ1v) is 6.22. The van der Waals surface area contributed by atoms with Crippen LogP contribution in [0.15, 0.2) is 24.3 Å². The Bertz CT molecular complexity index is 545. The molecule has 0 saturated heterocycles. The number of anilines is 1. The molecule has 1 atom stereocenters. The molecule has 3 N–H and O–H groups in total. The minimum atomic E-state index is -5.25. The molecule has 9 heteroatoms. The van der Waals surface area contributed by atoms with Crippen LogP contribution in [0.25, 0.3) is 0 Å². The average molecular weight is 320 g/mol. The number of alkyl halides is 3. The zero-order chi connectivity index (χ0) is 17.0. The number of ether oxygens (including phenoxy) is 1. The molecule has 0 radical (unpaired) electrons. The molecule has 122 valence electrons. The molecule has 0 aliphatic heterocycles. The standard InChI is InChI=1S/C13H15F3N2O4/c1-3-22-10(19)12(21,13(14,15)16)8-4-6-9(7-5-8)18-11(20)17-2/h4-7,21H,3H2,1-2H3,(H2,17,18,20)/t12-/m1/s1. The van der Waals surface area contributed by atoms with E-state index < -0.39 is 29.3 Å². The second-order valence-electron chi connectivity index (χ2n) is 4.21. The maximum atomic E-state index is 13.1. The number of benzene rings is 1. The second-order valence-corrected chi connectivity index (χ2v) is 4.21. The smallest absolute Gasteiger partial charge is 0.432 e. The largest absolute Gasteiger partial charge is 0.463 e. The Morgan fingerprint density at radius 2 is 1.77 bits per heavy atom. The fourth-order valence-corrected chi connectivity index (χ4v) is 1.62. The van der Waals surface area contributed by atoms with Gasteiger partial charge in [-0.05, 0) is 19.1 Å². The van der Waals surface area contributed by atoms with Crippen molar-refractivity contribution in [2.45, 2.75) is 18.7 Å². The van der Waals surface area contributed by atoms with Gasteiger partial charge < -0.3 is 20.5 Å². The highest BCUT2D eigenvalue weighted by Gasteiger charge is 2.62. The third-order valence-corrected chi connectivity index (χ3v) is 2.77. The topological polar surface area (TPSA) is 87.7 Å². The molecular weight excluding hydrogens is 305 g/mol. The van der Waals surface area contributed by atoms with Crippen molar-refractivity contribution in [1.82, 2.24) is 5.32 Å². The lowest BCUT2D eigenvalue weighted by atomic mass is 9.93. The molecule has 0 fully saturated rings. The highest BCUT2D eigenvalue weighted by atomic mass is 19.4. The first kappa shape index (κ1) is 17.8. The SMILES string of the molecule is CCOC(=O)[C@](O)(c1ccc(NC(=O)NC)cc1)C(F)(F)F. The van der Waals surface area contributed by atoms with E-state index in [1.165, 1.54) is 14.0 Å². The van der Waals surface area contributed by atoms with Crippen LogP contribution in [0.5, 0.6) is 0 Å². The van der Waals surface area contributed by atoms with Gasteiger partial charge in [0.25, 0.3) is 5.60 Å². The van der Waals surface area contributed by atoms with E-state index in [1.54, 1.807) is 0 Å². The first-order valence-electron chi connectivity index (χ1n) is 6.22. The van der Waals surface area contributed by atoms with Crippen LogP contribution in [0, 0.1) is 0 Å². The number of amides is 2. The van der Waals surface area contributed by atoms with Crippen molar-refractivity contribution in [3.05, 3.63) is 29.8 Å². The van der Waals surface area contributed by atoms with E-state index in [0.29, 0.717) is 0 Å². The number of esters is 1. The summed E-state index contributed by atoms with van der Waals surface area (Å²) in [6, 6.07) is 3.45. The van der Waals surface area contributed by atoms with E-state index in [-0.39, 0.29) is 12.3 Å². The Labute approximate surface area is 124 Å². The predicted molar refractivity (Wildman–Crippen MR) is 71.1 cm³/mol. The van der Waals surface area contributed by atoms with E-state index in [4.69, 9.17) is 0 Å². The quantitative estimate of drug-likeness (QED) is 0.738. The zero-order valence-electron chi connectivity index (χ0n) is 11.8. The molecule has 0 unspecified atom stereocenters. The van der Waals surface area contributed by atoms with Crippen LogP contribution in [-0.4, -0.2) is 36.9 Å². The maximum absolute atomic E-state index is 13.1. The molecule has 0 aliphatic rings. The van der Waals surface area contributed by atoms with Gasteiger partial charge in [0.05, 0.1) is 6.61 Å². The van der Waals surface area contributed by atoms with E-state index >= 15 is 0 Å². The van der Waals surface area contributed by atoms with Gasteiger partial charge in [-0.15, -0.1) is 0 Å². The Hall–Kier alpha value is -2.29. The number of urea groups is 1. The number of halogens is 3. The van der Waals surface area contributed by atoms with Gasteiger partial charge in [-0.3, -0.25) is 0 Å². The van der Waals surface area contributed by atoms with Crippen LogP contribution in [0.2, 0.25) is 0 Å². The number of hydrogen-bond acceptors (Lipinski definition) is 4. The Kier molecular flexibility index (Phi) is 5.37. The summed E-state index contributed by atoms with van der Waals surface area (Å²) in [5.41, 5.74) is -4.29. The molecule has 0 bridgehead atoms. The predicted octanol–water partition coefficient (Wildman–Crippen LogP) is 1.75. The number of nitrogens with one attached hydrogen (secondary N) is 2. The Morgan fingerprint density at radius 1 is 1.23 bits per heavy atom. The van der Waals surface area contributed by atoms with Crippen LogP contribution in [0.3, 0.4) is 0 Å². The molecule has 1 aromatic carbocycles. The number of rotatable bonds is 4. The highest BCUT2D eigenvalue weighted by Crippen LogP contribution is 2.40. The minimum Gasteiger partial charge on any atom is -0.463 e. The van der Waals surface area contributed by atoms with Crippen LogP contribution in [-0.2, 0) is 15.1 Å². The molecular formula is C13H15F3N2O4. The summed E-state index contributed by atoms with van der Waals surface area (Å²) in [5, 5.41) is 14.4. The lowest BCUT2D eigenvalue weighted by molar-refractivity contribution is -0.267. The van der Waals surface area contributed by atoms with Crippen LogP contribution in [0.4, 0.5) is 23.7 Å². The number of carbonyl (C=O) groups is 2. The molecule has 1 rings (SSSR count). The Morgan fingerprint density at radius 3 is 2.18 bits per heavy atom. The first-order chi connectivity index (χ1) is 10.2. The van der Waals surface area contributed by atoms with Crippen LogP contribution < -0.4 is 10.6 Å². The van der Waals surface area contributed by atoms with Gasteiger partial charge in [0.1, 0.15) is 0 Å². The van der Waals surface area contributed by atoms with Gasteiger partial charge in [-0.2, -0.15) is 13.2 Å². The third-order valence-electron chi connectivity index (χ3n) is 2.77. The van der Waals surface area contributed by atoms with E-state index in [9.17, 15) is 27.9 Å². The highest BCUT2D eigenvalue weighted by molar-refractivity contribution is 5.89. The van der Waals surface area contributed by atoms with E-state index in [0.717, 1.165) is 24.3 Å². The molecule has 0 saturated carbocycles. The molecule has 0 heterocycles. The summed E-state index contributed by atoms with van der Waals surface area (Å²) in [5.74, 6) is -1.81. The van der Waals surface area contributed by atoms with Crippen molar-refractivity contribution in [2.75, 3.05) is 19.0 Å². The van der Waals surface area contributed by atoms with Crippen molar-refractivity contribution >= 4 is 17.7 Å². The van der Waals surface area contributed by atoms with Gasteiger partial charge >= 0.3 is 18.2 Å². The van der Waals surface area contributed by atoms with Crippen molar-refractivity contribution < 1.29 is 32.6 Å².